The van der Waals surface area contributed by atoms with Crippen LogP contribution in [0.4, 0.5) is 11.6 Å². The number of nitrogens with two attached hydrogens (primary N) is 1. The first kappa shape index (κ1) is 28.2. The quantitative estimate of drug-likeness (QED) is 0.370. The monoisotopic (exact) mass is 567 g/mol. The predicted molar refractivity (Wildman–Crippen MR) is 154 cm³/mol. The van der Waals surface area contributed by atoms with E-state index in [-0.39, 0.29) is 29.7 Å². The van der Waals surface area contributed by atoms with Gasteiger partial charge < -0.3 is 20.5 Å². The molecule has 0 aromatic carbocycles. The van der Waals surface area contributed by atoms with Crippen LogP contribution in [0.15, 0.2) is 30.6 Å². The first-order valence-electron chi connectivity index (χ1n) is 13.6. The number of nitrogens with zero attached hydrogens (tertiary/aromatic N) is 3. The van der Waals surface area contributed by atoms with Crippen molar-refractivity contribution in [3.8, 4) is 5.88 Å². The molecule has 0 radical (unpaired) electrons. The lowest BCUT2D eigenvalue weighted by molar-refractivity contribution is -0.0189. The van der Waals surface area contributed by atoms with Gasteiger partial charge in [-0.25, -0.2) is 28.2 Å². The summed E-state index contributed by atoms with van der Waals surface area (Å²) in [7, 11) is -3.02. The molecule has 2 aliphatic rings. The highest BCUT2D eigenvalue weighted by Gasteiger charge is 2.40. The molecule has 3 aromatic heterocycles. The molecular weight excluding hydrogens is 530 g/mol. The predicted octanol–water partition coefficient (Wildman–Crippen LogP) is 4.61. The molecule has 5 rings (SSSR count). The van der Waals surface area contributed by atoms with Crippen LogP contribution >= 0.6 is 0 Å². The minimum Gasteiger partial charge on any atom is -0.474 e. The van der Waals surface area contributed by atoms with E-state index in [1.54, 1.807) is 24.5 Å². The number of esters is 1. The minimum atomic E-state index is -3.02. The molecule has 11 heteroatoms. The van der Waals surface area contributed by atoms with E-state index in [0.29, 0.717) is 48.0 Å². The largest absolute Gasteiger partial charge is 0.474 e. The number of sulfone groups is 1. The van der Waals surface area contributed by atoms with E-state index < -0.39 is 21.0 Å². The average Bonchev–Trinajstić information content (AvgIpc) is 2.85. The van der Waals surface area contributed by atoms with Gasteiger partial charge in [0.1, 0.15) is 33.2 Å². The zero-order chi connectivity index (χ0) is 29.0. The number of aromatic nitrogens is 3. The van der Waals surface area contributed by atoms with E-state index in [1.165, 1.54) is 6.26 Å². The Morgan fingerprint density at radius 3 is 2.58 bits per heavy atom. The lowest BCUT2D eigenvalue weighted by atomic mass is 9.84. The van der Waals surface area contributed by atoms with Gasteiger partial charge >= 0.3 is 5.97 Å². The van der Waals surface area contributed by atoms with E-state index in [0.717, 1.165) is 16.3 Å². The maximum absolute atomic E-state index is 12.5. The number of ether oxygens (including phenoxy) is 2. The summed E-state index contributed by atoms with van der Waals surface area (Å²) < 4.78 is 35.0. The number of carbonyl (C=O) groups is 1. The molecule has 1 aliphatic carbocycles. The molecule has 1 fully saturated rings. The van der Waals surface area contributed by atoms with Gasteiger partial charge in [0.05, 0.1) is 22.4 Å². The summed E-state index contributed by atoms with van der Waals surface area (Å²) >= 11 is 0. The Hall–Kier alpha value is -3.31. The number of carbonyl (C=O) groups excluding carboxylic acids is 1. The number of pyridine rings is 3. The maximum Gasteiger partial charge on any atom is 0.340 e. The number of anilines is 2. The Balaban J connectivity index is 1.46. The van der Waals surface area contributed by atoms with Gasteiger partial charge in [0.15, 0.2) is 0 Å². The molecule has 1 aliphatic heterocycles. The van der Waals surface area contributed by atoms with Gasteiger partial charge in [-0.1, -0.05) is 13.8 Å². The molecule has 1 unspecified atom stereocenters. The molecule has 2 atom stereocenters. The Bertz CT molecular complexity index is 1580. The Kier molecular flexibility index (Phi) is 7.02. The summed E-state index contributed by atoms with van der Waals surface area (Å²) in [5.74, 6) is 1.39. The van der Waals surface area contributed by atoms with Gasteiger partial charge in [0.25, 0.3) is 0 Å². The van der Waals surface area contributed by atoms with Gasteiger partial charge in [-0.05, 0) is 75.1 Å². The summed E-state index contributed by atoms with van der Waals surface area (Å²) in [6.07, 6.45) is 6.66. The van der Waals surface area contributed by atoms with Crippen LogP contribution in [0.25, 0.3) is 10.8 Å². The smallest absolute Gasteiger partial charge is 0.340 e. The molecule has 4 heterocycles. The van der Waals surface area contributed by atoms with Crippen molar-refractivity contribution in [2.75, 3.05) is 17.3 Å². The van der Waals surface area contributed by atoms with Crippen LogP contribution in [-0.2, 0) is 20.1 Å². The van der Waals surface area contributed by atoms with Crippen molar-refractivity contribution in [2.45, 2.75) is 77.0 Å². The highest BCUT2D eigenvalue weighted by atomic mass is 32.2. The van der Waals surface area contributed by atoms with Crippen LogP contribution in [0.1, 0.15) is 81.4 Å². The number of hydrogen-bond acceptors (Lipinski definition) is 10. The zero-order valence-electron chi connectivity index (χ0n) is 23.8. The van der Waals surface area contributed by atoms with Crippen LogP contribution in [0, 0.1) is 5.92 Å². The molecule has 40 heavy (non-hydrogen) atoms. The van der Waals surface area contributed by atoms with Crippen molar-refractivity contribution < 1.29 is 22.7 Å². The van der Waals surface area contributed by atoms with Crippen LogP contribution in [0.5, 0.6) is 5.88 Å². The van der Waals surface area contributed by atoms with Gasteiger partial charge in [0.2, 0.25) is 5.88 Å². The standard InChI is InChI=1S/C29H37N5O5S/c1-7-29(5,30)22-14-32-26(38-18-10-17(11-18)15-40(6,36)37)21-13-31-24(12-20(21)22)33-23-9-8-19-25(34-23)16(2)28(3,4)39-27(19)35/h8-9,12-14,16-18H,7,10-11,15,30H2,1-6H3,(H,31,33,34)/t16-,17?,18?,29?/m1/s1. The third kappa shape index (κ3) is 5.49. The van der Waals surface area contributed by atoms with E-state index in [1.807, 2.05) is 40.7 Å². The number of fused-ring (bicyclic) bond motifs is 2. The number of hydrogen-bond donors (Lipinski definition) is 2. The summed E-state index contributed by atoms with van der Waals surface area (Å²) in [5.41, 5.74) is 7.39. The minimum absolute atomic E-state index is 0.0880. The first-order chi connectivity index (χ1) is 18.7. The highest BCUT2D eigenvalue weighted by Crippen LogP contribution is 2.39. The van der Waals surface area contributed by atoms with Gasteiger partial charge in [-0.2, -0.15) is 0 Å². The average molecular weight is 568 g/mol. The highest BCUT2D eigenvalue weighted by molar-refractivity contribution is 7.90. The Morgan fingerprint density at radius 1 is 1.18 bits per heavy atom. The topological polar surface area (TPSA) is 146 Å². The summed E-state index contributed by atoms with van der Waals surface area (Å²) in [4.78, 5) is 26.5. The van der Waals surface area contributed by atoms with Crippen molar-refractivity contribution in [1.29, 1.82) is 0 Å². The SMILES string of the molecule is CCC(C)(N)c1cnc(OC2CC(CS(C)(=O)=O)C2)c2cnc(Nc3ccc4c(n3)[C@@H](C)C(C)(C)OC4=O)cc12. The third-order valence-electron chi connectivity index (χ3n) is 8.30. The number of cyclic esters (lactones) is 1. The van der Waals surface area contributed by atoms with Gasteiger partial charge in [-0.15, -0.1) is 0 Å². The number of nitrogens with one attached hydrogen (secondary N) is 1. The molecule has 214 valence electrons. The van der Waals surface area contributed by atoms with E-state index in [2.05, 4.69) is 15.3 Å². The van der Waals surface area contributed by atoms with Crippen LogP contribution in [0.2, 0.25) is 0 Å². The van der Waals surface area contributed by atoms with Crippen molar-refractivity contribution in [3.05, 3.63) is 47.4 Å². The van der Waals surface area contributed by atoms with Crippen LogP contribution in [-0.4, -0.2) is 53.1 Å². The molecular formula is C29H37N5O5S. The second-order valence-electron chi connectivity index (χ2n) is 12.0. The summed E-state index contributed by atoms with van der Waals surface area (Å²) in [5, 5.41) is 4.87. The van der Waals surface area contributed by atoms with Crippen molar-refractivity contribution in [2.24, 2.45) is 11.7 Å². The lowest BCUT2D eigenvalue weighted by Gasteiger charge is -2.36. The summed E-state index contributed by atoms with van der Waals surface area (Å²) in [6, 6.07) is 5.38. The number of rotatable bonds is 8. The molecule has 1 saturated carbocycles. The van der Waals surface area contributed by atoms with E-state index in [4.69, 9.17) is 20.2 Å². The Labute approximate surface area is 235 Å². The third-order valence-corrected chi connectivity index (χ3v) is 9.38. The molecule has 0 bridgehead atoms. The Morgan fingerprint density at radius 2 is 1.90 bits per heavy atom. The van der Waals surface area contributed by atoms with Gasteiger partial charge in [-0.3, -0.25) is 0 Å². The molecule has 0 amide bonds. The molecule has 0 spiro atoms. The fourth-order valence-corrected chi connectivity index (χ4v) is 6.43. The van der Waals surface area contributed by atoms with Crippen molar-refractivity contribution in [1.82, 2.24) is 15.0 Å². The fourth-order valence-electron chi connectivity index (χ4n) is 5.30. The molecule has 3 N–H and O–H groups in total. The van der Waals surface area contributed by atoms with E-state index >= 15 is 0 Å². The van der Waals surface area contributed by atoms with Crippen molar-refractivity contribution >= 4 is 38.2 Å². The second-order valence-corrected chi connectivity index (χ2v) is 14.2. The molecule has 0 saturated heterocycles. The van der Waals surface area contributed by atoms with Crippen LogP contribution < -0.4 is 15.8 Å². The first-order valence-corrected chi connectivity index (χ1v) is 15.7. The van der Waals surface area contributed by atoms with E-state index in [9.17, 15) is 13.2 Å². The van der Waals surface area contributed by atoms with Crippen LogP contribution in [0.3, 0.4) is 0 Å². The molecule has 3 aromatic rings. The lowest BCUT2D eigenvalue weighted by Crippen LogP contribution is -2.39. The summed E-state index contributed by atoms with van der Waals surface area (Å²) in [6.45, 7) is 9.75. The fraction of sp³-hybridized carbons (Fsp3) is 0.517. The zero-order valence-corrected chi connectivity index (χ0v) is 24.6. The normalized spacial score (nSPS) is 23.5. The maximum atomic E-state index is 12.5. The molecule has 10 nitrogen and oxygen atoms in total. The van der Waals surface area contributed by atoms with Crippen molar-refractivity contribution in [3.63, 3.8) is 0 Å². The van der Waals surface area contributed by atoms with Gasteiger partial charge in [0, 0.05) is 30.1 Å². The second kappa shape index (κ2) is 9.95.